The molecule has 1 aromatic rings. The number of aliphatic carboxylic acids is 1. The molecule has 1 atom stereocenters. The molecule has 5 heteroatoms. The maximum Gasteiger partial charge on any atom is 0.396 e. The van der Waals surface area contributed by atoms with E-state index >= 15 is 0 Å². The summed E-state index contributed by atoms with van der Waals surface area (Å²) < 4.78 is 2.07. The van der Waals surface area contributed by atoms with Crippen molar-refractivity contribution in [2.75, 3.05) is 0 Å². The van der Waals surface area contributed by atoms with Crippen LogP contribution in [0.3, 0.4) is 0 Å². The van der Waals surface area contributed by atoms with Gasteiger partial charge in [0.05, 0.1) is 0 Å². The normalized spacial score (nSPS) is 20.8. The third-order valence-corrected chi connectivity index (χ3v) is 4.07. The standard InChI is InChI=1S/C14H16BN2O2/c1-9-10(2)13-8-11-4-3-7-16(11)15-17(13)12(9)5-6-14(18)19/h3-4,7-8,12H,5-6H2,1-2H3,(H,18,19). The average molecular weight is 255 g/mol. The zero-order valence-electron chi connectivity index (χ0n) is 11.1. The summed E-state index contributed by atoms with van der Waals surface area (Å²) in [5, 5.41) is 8.88. The summed E-state index contributed by atoms with van der Waals surface area (Å²) in [6, 6.07) is 4.26. The van der Waals surface area contributed by atoms with Gasteiger partial charge in [-0.15, -0.1) is 0 Å². The molecule has 19 heavy (non-hydrogen) atoms. The lowest BCUT2D eigenvalue weighted by Gasteiger charge is -2.32. The molecule has 0 spiro atoms. The molecular weight excluding hydrogens is 239 g/mol. The summed E-state index contributed by atoms with van der Waals surface area (Å²) in [7, 11) is 2.07. The van der Waals surface area contributed by atoms with Crippen LogP contribution in [0, 0.1) is 0 Å². The summed E-state index contributed by atoms with van der Waals surface area (Å²) >= 11 is 0. The number of carboxylic acid groups (broad SMARTS) is 1. The van der Waals surface area contributed by atoms with Crippen molar-refractivity contribution in [3.05, 3.63) is 40.9 Å². The molecule has 0 aliphatic carbocycles. The van der Waals surface area contributed by atoms with E-state index in [0.29, 0.717) is 6.42 Å². The van der Waals surface area contributed by atoms with Crippen LogP contribution in [-0.4, -0.2) is 34.0 Å². The second kappa shape index (κ2) is 4.33. The van der Waals surface area contributed by atoms with Gasteiger partial charge in [-0.1, -0.05) is 0 Å². The molecule has 0 fully saturated rings. The van der Waals surface area contributed by atoms with E-state index in [1.54, 1.807) is 0 Å². The highest BCUT2D eigenvalue weighted by Gasteiger charge is 2.35. The van der Waals surface area contributed by atoms with E-state index in [1.165, 1.54) is 16.8 Å². The number of aromatic nitrogens is 1. The Bertz CT molecular complexity index is 600. The summed E-state index contributed by atoms with van der Waals surface area (Å²) in [5.74, 6) is -0.735. The first-order valence-corrected chi connectivity index (χ1v) is 6.49. The molecule has 0 amide bonds. The van der Waals surface area contributed by atoms with Gasteiger partial charge in [-0.25, -0.2) is 0 Å². The van der Waals surface area contributed by atoms with Crippen LogP contribution in [0.15, 0.2) is 35.2 Å². The van der Waals surface area contributed by atoms with Crippen molar-refractivity contribution in [3.8, 4) is 0 Å². The fourth-order valence-electron chi connectivity index (χ4n) is 2.87. The van der Waals surface area contributed by atoms with Crippen LogP contribution in [-0.2, 0) is 4.79 Å². The van der Waals surface area contributed by atoms with Crippen molar-refractivity contribution in [1.29, 1.82) is 0 Å². The minimum Gasteiger partial charge on any atom is -0.481 e. The first-order valence-electron chi connectivity index (χ1n) is 6.49. The lowest BCUT2D eigenvalue weighted by molar-refractivity contribution is -0.137. The molecule has 0 aromatic carbocycles. The fraction of sp³-hybridized carbons (Fsp3) is 0.357. The van der Waals surface area contributed by atoms with E-state index in [9.17, 15) is 4.79 Å². The lowest BCUT2D eigenvalue weighted by atomic mass is 9.96. The molecule has 1 aromatic heterocycles. The highest BCUT2D eigenvalue weighted by molar-refractivity contribution is 6.33. The maximum absolute atomic E-state index is 10.8. The Kier molecular flexibility index (Phi) is 2.77. The van der Waals surface area contributed by atoms with E-state index in [4.69, 9.17) is 5.11 Å². The molecule has 1 N–H and O–H groups in total. The van der Waals surface area contributed by atoms with Gasteiger partial charge in [0.15, 0.2) is 0 Å². The first-order chi connectivity index (χ1) is 9.08. The zero-order chi connectivity index (χ0) is 13.6. The van der Waals surface area contributed by atoms with Crippen molar-refractivity contribution in [1.82, 2.24) is 9.29 Å². The van der Waals surface area contributed by atoms with Crippen molar-refractivity contribution in [2.24, 2.45) is 0 Å². The van der Waals surface area contributed by atoms with E-state index in [2.05, 4.69) is 42.8 Å². The van der Waals surface area contributed by atoms with Gasteiger partial charge in [0.2, 0.25) is 0 Å². The highest BCUT2D eigenvalue weighted by Crippen LogP contribution is 2.37. The maximum atomic E-state index is 10.8. The Morgan fingerprint density at radius 2 is 2.26 bits per heavy atom. The lowest BCUT2D eigenvalue weighted by Crippen LogP contribution is -2.40. The Labute approximate surface area is 113 Å². The fourth-order valence-corrected chi connectivity index (χ4v) is 2.87. The van der Waals surface area contributed by atoms with Crippen molar-refractivity contribution in [2.45, 2.75) is 32.7 Å². The van der Waals surface area contributed by atoms with Gasteiger partial charge >= 0.3 is 13.5 Å². The summed E-state index contributed by atoms with van der Waals surface area (Å²) in [6.45, 7) is 4.21. The molecule has 1 unspecified atom stereocenters. The predicted octanol–water partition coefficient (Wildman–Crippen LogP) is 2.11. The van der Waals surface area contributed by atoms with E-state index in [1.807, 2.05) is 12.3 Å². The van der Waals surface area contributed by atoms with Crippen molar-refractivity contribution in [3.63, 3.8) is 0 Å². The number of allylic oxidation sites excluding steroid dienone is 1. The van der Waals surface area contributed by atoms with Crippen LogP contribution >= 0.6 is 0 Å². The third kappa shape index (κ3) is 1.89. The van der Waals surface area contributed by atoms with E-state index in [0.717, 1.165) is 5.69 Å². The predicted molar refractivity (Wildman–Crippen MR) is 74.4 cm³/mol. The smallest absolute Gasteiger partial charge is 0.396 e. The van der Waals surface area contributed by atoms with Crippen molar-refractivity contribution >= 4 is 19.6 Å². The van der Waals surface area contributed by atoms with Crippen molar-refractivity contribution < 1.29 is 9.90 Å². The molecule has 0 saturated carbocycles. The second-order valence-electron chi connectivity index (χ2n) is 5.15. The largest absolute Gasteiger partial charge is 0.481 e. The number of carbonyl (C=O) groups is 1. The topological polar surface area (TPSA) is 45.5 Å². The minimum absolute atomic E-state index is 0.165. The van der Waals surface area contributed by atoms with Crippen LogP contribution < -0.4 is 0 Å². The zero-order valence-corrected chi connectivity index (χ0v) is 11.1. The summed E-state index contributed by atoms with van der Waals surface area (Å²) in [5.41, 5.74) is 4.89. The summed E-state index contributed by atoms with van der Waals surface area (Å²) in [6.07, 6.45) is 5.02. The minimum atomic E-state index is -0.735. The van der Waals surface area contributed by atoms with Crippen LogP contribution in [0.1, 0.15) is 32.4 Å². The molecule has 3 rings (SSSR count). The first kappa shape index (κ1) is 12.1. The van der Waals surface area contributed by atoms with Gasteiger partial charge in [-0.05, 0) is 55.8 Å². The molecule has 3 heterocycles. The average Bonchev–Trinajstić information content (AvgIpc) is 2.91. The Balaban J connectivity index is 1.92. The van der Waals surface area contributed by atoms with Gasteiger partial charge in [-0.3, -0.25) is 4.79 Å². The van der Waals surface area contributed by atoms with Gasteiger partial charge in [0, 0.05) is 23.9 Å². The number of rotatable bonds is 3. The Morgan fingerprint density at radius 1 is 1.47 bits per heavy atom. The Morgan fingerprint density at radius 3 is 3.00 bits per heavy atom. The van der Waals surface area contributed by atoms with Gasteiger partial charge in [0.1, 0.15) is 0 Å². The van der Waals surface area contributed by atoms with Crippen LogP contribution in [0.2, 0.25) is 0 Å². The molecule has 97 valence electrons. The van der Waals surface area contributed by atoms with Gasteiger partial charge in [-0.2, -0.15) is 0 Å². The number of carboxylic acids is 1. The van der Waals surface area contributed by atoms with Crippen LogP contribution in [0.25, 0.3) is 6.08 Å². The Hall–Kier alpha value is -1.91. The molecular formula is C14H16BN2O2. The second-order valence-corrected chi connectivity index (χ2v) is 5.15. The van der Waals surface area contributed by atoms with Crippen LogP contribution in [0.4, 0.5) is 0 Å². The molecule has 0 saturated heterocycles. The molecule has 2 aliphatic rings. The van der Waals surface area contributed by atoms with Gasteiger partial charge < -0.3 is 14.4 Å². The number of hydrogen-bond acceptors (Lipinski definition) is 2. The number of hydrogen-bond donors (Lipinski definition) is 1. The highest BCUT2D eigenvalue weighted by atomic mass is 16.4. The van der Waals surface area contributed by atoms with Crippen LogP contribution in [0.5, 0.6) is 0 Å². The number of fused-ring (bicyclic) bond motifs is 2. The quantitative estimate of drug-likeness (QED) is 0.841. The third-order valence-electron chi connectivity index (χ3n) is 4.07. The summed E-state index contributed by atoms with van der Waals surface area (Å²) in [4.78, 5) is 13.0. The molecule has 4 nitrogen and oxygen atoms in total. The van der Waals surface area contributed by atoms with Gasteiger partial charge in [0.25, 0.3) is 0 Å². The molecule has 0 bridgehead atoms. The SMILES string of the molecule is CC1=C(C)C(CCC(=O)O)N2[B]n3cccc3C=C12. The molecule has 2 aliphatic heterocycles. The monoisotopic (exact) mass is 255 g/mol. The number of nitrogens with zero attached hydrogens (tertiary/aromatic N) is 2. The van der Waals surface area contributed by atoms with E-state index < -0.39 is 5.97 Å². The van der Waals surface area contributed by atoms with E-state index in [-0.39, 0.29) is 12.5 Å². The molecule has 1 radical (unpaired) electrons.